The molecule has 8 aromatic carbocycles. The van der Waals surface area contributed by atoms with Gasteiger partial charge in [0, 0.05) is 32.8 Å². The van der Waals surface area contributed by atoms with E-state index in [1.807, 2.05) is 66.7 Å². The average molecular weight is 652 g/mol. The molecule has 0 saturated heterocycles. The Labute approximate surface area is 294 Å². The monoisotopic (exact) mass is 651 g/mol. The zero-order chi connectivity index (χ0) is 33.7. The normalized spacial score (nSPS) is 11.5. The number of fused-ring (bicyclic) bond motifs is 6. The van der Waals surface area contributed by atoms with Crippen LogP contribution in [0.15, 0.2) is 180 Å². The van der Waals surface area contributed by atoms with E-state index in [1.54, 1.807) is 0 Å². The molecule has 0 bridgehead atoms. The highest BCUT2D eigenvalue weighted by Crippen LogP contribution is 2.45. The molecule has 0 aliphatic rings. The van der Waals surface area contributed by atoms with E-state index in [4.69, 9.17) is 19.4 Å². The van der Waals surface area contributed by atoms with Gasteiger partial charge in [0.05, 0.1) is 0 Å². The topological polar surface area (TPSA) is 51.8 Å². The lowest BCUT2D eigenvalue weighted by Crippen LogP contribution is -2.00. The summed E-state index contributed by atoms with van der Waals surface area (Å²) in [5.74, 6) is 1.92. The molecule has 0 N–H and O–H groups in total. The van der Waals surface area contributed by atoms with Gasteiger partial charge >= 0.3 is 0 Å². The van der Waals surface area contributed by atoms with Crippen LogP contribution in [0.3, 0.4) is 0 Å². The molecule has 0 saturated carbocycles. The number of hydrogen-bond acceptors (Lipinski definition) is 4. The Bertz CT molecular complexity index is 2840. The lowest BCUT2D eigenvalue weighted by atomic mass is 9.89. The first-order chi connectivity index (χ1) is 25.3. The molecule has 2 aromatic heterocycles. The van der Waals surface area contributed by atoms with Crippen LogP contribution >= 0.6 is 0 Å². The van der Waals surface area contributed by atoms with Gasteiger partial charge in [-0.3, -0.25) is 0 Å². The van der Waals surface area contributed by atoms with Crippen LogP contribution in [0.2, 0.25) is 0 Å². The van der Waals surface area contributed by atoms with Gasteiger partial charge in [-0.25, -0.2) is 15.0 Å². The first-order valence-corrected chi connectivity index (χ1v) is 17.1. The van der Waals surface area contributed by atoms with E-state index < -0.39 is 0 Å². The number of rotatable bonds is 5. The first kappa shape index (κ1) is 29.0. The molecule has 4 heteroatoms. The predicted octanol–water partition coefficient (Wildman–Crippen LogP) is 12.4. The Morgan fingerprint density at radius 3 is 1.53 bits per heavy atom. The number of aromatic nitrogens is 3. The smallest absolute Gasteiger partial charge is 0.164 e. The van der Waals surface area contributed by atoms with Crippen molar-refractivity contribution in [3.8, 4) is 56.4 Å². The molecule has 0 spiro atoms. The summed E-state index contributed by atoms with van der Waals surface area (Å²) in [6.07, 6.45) is 0. The van der Waals surface area contributed by atoms with Crippen LogP contribution in [-0.2, 0) is 0 Å². The van der Waals surface area contributed by atoms with Crippen molar-refractivity contribution in [3.05, 3.63) is 176 Å². The molecule has 0 radical (unpaired) electrons. The second kappa shape index (κ2) is 11.9. The molecular formula is C47H29N3O. The fourth-order valence-corrected chi connectivity index (χ4v) is 7.30. The van der Waals surface area contributed by atoms with Crippen molar-refractivity contribution in [1.29, 1.82) is 0 Å². The fourth-order valence-electron chi connectivity index (χ4n) is 7.30. The van der Waals surface area contributed by atoms with Gasteiger partial charge < -0.3 is 4.42 Å². The molecule has 238 valence electrons. The van der Waals surface area contributed by atoms with Gasteiger partial charge in [0.25, 0.3) is 0 Å². The molecule has 0 unspecified atom stereocenters. The highest BCUT2D eigenvalue weighted by atomic mass is 16.3. The number of furan rings is 1. The van der Waals surface area contributed by atoms with Crippen molar-refractivity contribution < 1.29 is 4.42 Å². The summed E-state index contributed by atoms with van der Waals surface area (Å²) in [6.45, 7) is 0. The Balaban J connectivity index is 1.23. The van der Waals surface area contributed by atoms with Crippen LogP contribution < -0.4 is 0 Å². The van der Waals surface area contributed by atoms with E-state index in [9.17, 15) is 0 Å². The minimum absolute atomic E-state index is 0.635. The number of hydrogen-bond donors (Lipinski definition) is 0. The molecular weight excluding hydrogens is 623 g/mol. The van der Waals surface area contributed by atoms with Crippen molar-refractivity contribution in [3.63, 3.8) is 0 Å². The lowest BCUT2D eigenvalue weighted by Gasteiger charge is -2.15. The first-order valence-electron chi connectivity index (χ1n) is 17.1. The summed E-state index contributed by atoms with van der Waals surface area (Å²) in [5, 5.41) is 6.62. The van der Waals surface area contributed by atoms with Gasteiger partial charge in [0.15, 0.2) is 17.5 Å². The van der Waals surface area contributed by atoms with Crippen LogP contribution in [0.1, 0.15) is 0 Å². The molecule has 0 aliphatic carbocycles. The minimum atomic E-state index is 0.635. The molecule has 0 atom stereocenters. The van der Waals surface area contributed by atoms with Crippen molar-refractivity contribution in [2.75, 3.05) is 0 Å². The molecule has 4 nitrogen and oxygen atoms in total. The maximum atomic E-state index is 6.66. The minimum Gasteiger partial charge on any atom is -0.455 e. The largest absolute Gasteiger partial charge is 0.455 e. The molecule has 0 fully saturated rings. The lowest BCUT2D eigenvalue weighted by molar-refractivity contribution is 0.673. The molecule has 0 aliphatic heterocycles. The summed E-state index contributed by atoms with van der Waals surface area (Å²) in [7, 11) is 0. The van der Waals surface area contributed by atoms with E-state index in [0.29, 0.717) is 17.5 Å². The van der Waals surface area contributed by atoms with Gasteiger partial charge in [-0.15, -0.1) is 0 Å². The number of para-hydroxylation sites is 1. The van der Waals surface area contributed by atoms with Crippen molar-refractivity contribution in [2.45, 2.75) is 0 Å². The van der Waals surface area contributed by atoms with Crippen molar-refractivity contribution in [1.82, 2.24) is 15.0 Å². The quantitative estimate of drug-likeness (QED) is 0.186. The second-order valence-corrected chi connectivity index (χ2v) is 12.8. The zero-order valence-corrected chi connectivity index (χ0v) is 27.5. The molecule has 0 amide bonds. The van der Waals surface area contributed by atoms with Crippen LogP contribution in [0.4, 0.5) is 0 Å². The molecule has 10 rings (SSSR count). The van der Waals surface area contributed by atoms with Gasteiger partial charge in [-0.05, 0) is 68.7 Å². The highest BCUT2D eigenvalue weighted by molar-refractivity contribution is 6.23. The van der Waals surface area contributed by atoms with Gasteiger partial charge in [0.2, 0.25) is 0 Å². The summed E-state index contributed by atoms with van der Waals surface area (Å²) in [4.78, 5) is 15.1. The van der Waals surface area contributed by atoms with Crippen molar-refractivity contribution >= 4 is 43.5 Å². The van der Waals surface area contributed by atoms with Crippen LogP contribution in [-0.4, -0.2) is 15.0 Å². The third-order valence-electron chi connectivity index (χ3n) is 9.72. The van der Waals surface area contributed by atoms with Crippen LogP contribution in [0.5, 0.6) is 0 Å². The Morgan fingerprint density at radius 2 is 0.863 bits per heavy atom. The standard InChI is InChI=1S/C47H29N3O/c1-4-14-30(15-5-1)33-24-25-35-34(28-33)29-41(43-40-22-12-13-23-42(40)51-44(35)43)38-26-27-39(37-21-11-10-20-36(37)38)47-49-45(31-16-6-2-7-17-31)48-46(50-47)32-18-8-3-9-19-32/h1-29H. The fraction of sp³-hybridized carbons (Fsp3) is 0. The second-order valence-electron chi connectivity index (χ2n) is 12.8. The summed E-state index contributed by atoms with van der Waals surface area (Å²) < 4.78 is 6.66. The maximum Gasteiger partial charge on any atom is 0.164 e. The third-order valence-corrected chi connectivity index (χ3v) is 9.72. The number of benzene rings is 8. The Hall–Kier alpha value is -6.91. The van der Waals surface area contributed by atoms with Gasteiger partial charge in [-0.2, -0.15) is 0 Å². The molecule has 2 heterocycles. The summed E-state index contributed by atoms with van der Waals surface area (Å²) in [5.41, 5.74) is 9.21. The molecule has 51 heavy (non-hydrogen) atoms. The summed E-state index contributed by atoms with van der Waals surface area (Å²) in [6, 6.07) is 61.0. The van der Waals surface area contributed by atoms with E-state index in [1.165, 1.54) is 11.1 Å². The Kier molecular flexibility index (Phi) is 6.78. The zero-order valence-electron chi connectivity index (χ0n) is 27.5. The van der Waals surface area contributed by atoms with Gasteiger partial charge in [0.1, 0.15) is 11.2 Å². The van der Waals surface area contributed by atoms with Crippen LogP contribution in [0, 0.1) is 0 Å². The third kappa shape index (κ3) is 4.96. The van der Waals surface area contributed by atoms with E-state index in [2.05, 4.69) is 109 Å². The maximum absolute atomic E-state index is 6.66. The average Bonchev–Trinajstić information content (AvgIpc) is 3.61. The van der Waals surface area contributed by atoms with E-state index >= 15 is 0 Å². The molecule has 10 aromatic rings. The highest BCUT2D eigenvalue weighted by Gasteiger charge is 2.20. The predicted molar refractivity (Wildman–Crippen MR) is 209 cm³/mol. The van der Waals surface area contributed by atoms with E-state index in [0.717, 1.165) is 71.3 Å². The number of nitrogens with zero attached hydrogens (tertiary/aromatic N) is 3. The van der Waals surface area contributed by atoms with E-state index in [-0.39, 0.29) is 0 Å². The van der Waals surface area contributed by atoms with Crippen molar-refractivity contribution in [2.24, 2.45) is 0 Å². The van der Waals surface area contributed by atoms with Crippen LogP contribution in [0.25, 0.3) is 99.9 Å². The van der Waals surface area contributed by atoms with Gasteiger partial charge in [-0.1, -0.05) is 146 Å². The Morgan fingerprint density at radius 1 is 0.333 bits per heavy atom. The SMILES string of the molecule is c1ccc(-c2ccc3c(c2)cc(-c2ccc(-c4nc(-c5ccccc5)nc(-c5ccccc5)n4)c4ccccc24)c2c4ccccc4oc32)cc1. The summed E-state index contributed by atoms with van der Waals surface area (Å²) >= 11 is 0.